The highest BCUT2D eigenvalue weighted by Gasteiger charge is 2.27. The number of piperidine rings is 3. The van der Waals surface area contributed by atoms with Crippen LogP contribution in [0, 0.1) is 0 Å². The number of nitrogens with zero attached hydrogens (tertiary/aromatic N) is 6. The minimum atomic E-state index is -0.692. The molecule has 2 aromatic rings. The molecule has 11 nitrogen and oxygen atoms in total. The standard InChI is InChI=1S/C29H41N9O2/c1-2-14-36-18-12-22(13-19-36)21-8-10-23(11-9-21)31-27-25(26(30)39)34-35-28(33-27)38-17-6-7-24(20-38)32-29(40)37-15-4-3-5-16-37/h2,8-11,22,24H,1,3-7,12-20H2,(H2,30,39)(H,32,40)(H,31,33,35)/t24-/m1/s1. The van der Waals surface area contributed by atoms with Crippen molar-refractivity contribution in [1.29, 1.82) is 0 Å². The molecule has 1 aromatic heterocycles. The van der Waals surface area contributed by atoms with Gasteiger partial charge in [0.1, 0.15) is 0 Å². The van der Waals surface area contributed by atoms with Crippen LogP contribution in [0.2, 0.25) is 0 Å². The number of carbonyl (C=O) groups excluding carboxylic acids is 2. The van der Waals surface area contributed by atoms with Crippen molar-refractivity contribution < 1.29 is 9.59 Å². The molecule has 4 heterocycles. The van der Waals surface area contributed by atoms with Crippen LogP contribution in [0.4, 0.5) is 22.2 Å². The highest BCUT2D eigenvalue weighted by atomic mass is 16.2. The Kier molecular flexibility index (Phi) is 9.10. The number of amides is 3. The average molecular weight is 548 g/mol. The van der Waals surface area contributed by atoms with Crippen LogP contribution in [-0.4, -0.2) is 88.8 Å². The lowest BCUT2D eigenvalue weighted by Gasteiger charge is -2.35. The molecule has 3 amide bonds. The lowest BCUT2D eigenvalue weighted by atomic mass is 9.89. The molecule has 11 heteroatoms. The van der Waals surface area contributed by atoms with Crippen LogP contribution in [0.1, 0.15) is 66.9 Å². The van der Waals surface area contributed by atoms with Gasteiger partial charge in [-0.1, -0.05) is 18.2 Å². The maximum Gasteiger partial charge on any atom is 0.317 e. The summed E-state index contributed by atoms with van der Waals surface area (Å²) in [6.07, 6.45) is 9.31. The molecule has 214 valence electrons. The number of urea groups is 1. The van der Waals surface area contributed by atoms with E-state index in [1.165, 1.54) is 12.0 Å². The molecule has 0 saturated carbocycles. The summed E-state index contributed by atoms with van der Waals surface area (Å²) in [7, 11) is 0. The number of likely N-dealkylation sites (tertiary alicyclic amines) is 2. The lowest BCUT2D eigenvalue weighted by Crippen LogP contribution is -2.52. The quantitative estimate of drug-likeness (QED) is 0.429. The number of aromatic nitrogens is 3. The van der Waals surface area contributed by atoms with Gasteiger partial charge < -0.3 is 26.2 Å². The SMILES string of the molecule is C=CCN1CCC(c2ccc(Nc3nc(N4CCC[C@@H](NC(=O)N5CCCCC5)C4)nnc3C(N)=O)cc2)CC1. The van der Waals surface area contributed by atoms with Crippen molar-refractivity contribution in [3.63, 3.8) is 0 Å². The number of carbonyl (C=O) groups is 2. The van der Waals surface area contributed by atoms with Crippen LogP contribution in [0.15, 0.2) is 36.9 Å². The molecular weight excluding hydrogens is 506 g/mol. The molecule has 0 spiro atoms. The predicted molar refractivity (Wildman–Crippen MR) is 156 cm³/mol. The fourth-order valence-electron chi connectivity index (χ4n) is 5.95. The van der Waals surface area contributed by atoms with E-state index >= 15 is 0 Å². The predicted octanol–water partition coefficient (Wildman–Crippen LogP) is 3.24. The first kappa shape index (κ1) is 27.8. The van der Waals surface area contributed by atoms with E-state index in [0.717, 1.165) is 83.5 Å². The highest BCUT2D eigenvalue weighted by molar-refractivity contribution is 5.96. The van der Waals surface area contributed by atoms with Crippen molar-refractivity contribution in [1.82, 2.24) is 30.3 Å². The first-order valence-corrected chi connectivity index (χ1v) is 14.6. The van der Waals surface area contributed by atoms with Crippen LogP contribution >= 0.6 is 0 Å². The van der Waals surface area contributed by atoms with Gasteiger partial charge in [-0.05, 0) is 81.6 Å². The molecule has 5 rings (SSSR count). The zero-order valence-corrected chi connectivity index (χ0v) is 23.2. The van der Waals surface area contributed by atoms with Crippen LogP contribution in [0.25, 0.3) is 0 Å². The van der Waals surface area contributed by atoms with Crippen LogP contribution in [0.5, 0.6) is 0 Å². The third kappa shape index (κ3) is 6.88. The van der Waals surface area contributed by atoms with Gasteiger partial charge in [-0.3, -0.25) is 9.69 Å². The number of benzene rings is 1. The first-order valence-electron chi connectivity index (χ1n) is 14.6. The number of hydrogen-bond donors (Lipinski definition) is 3. The third-order valence-corrected chi connectivity index (χ3v) is 8.20. The molecular formula is C29H41N9O2. The number of hydrogen-bond acceptors (Lipinski definition) is 8. The van der Waals surface area contributed by atoms with Crippen molar-refractivity contribution in [2.75, 3.05) is 56.0 Å². The van der Waals surface area contributed by atoms with Gasteiger partial charge in [0.05, 0.1) is 0 Å². The van der Waals surface area contributed by atoms with E-state index < -0.39 is 5.91 Å². The number of nitrogens with one attached hydrogen (secondary N) is 2. The molecule has 3 aliphatic heterocycles. The summed E-state index contributed by atoms with van der Waals surface area (Å²) in [5, 5.41) is 14.8. The van der Waals surface area contributed by atoms with Crippen LogP contribution in [-0.2, 0) is 0 Å². The summed E-state index contributed by atoms with van der Waals surface area (Å²) in [6.45, 7) is 9.89. The Labute approximate surface area is 236 Å². The van der Waals surface area contributed by atoms with E-state index in [1.807, 2.05) is 28.0 Å². The van der Waals surface area contributed by atoms with Crippen molar-refractivity contribution in [2.45, 2.75) is 56.9 Å². The van der Waals surface area contributed by atoms with Gasteiger partial charge >= 0.3 is 6.03 Å². The average Bonchev–Trinajstić information content (AvgIpc) is 2.98. The first-order chi connectivity index (χ1) is 19.5. The minimum absolute atomic E-state index is 0.00258. The van der Waals surface area contributed by atoms with E-state index in [0.29, 0.717) is 18.4 Å². The molecule has 1 aromatic carbocycles. The van der Waals surface area contributed by atoms with Crippen molar-refractivity contribution in [2.24, 2.45) is 5.73 Å². The van der Waals surface area contributed by atoms with Gasteiger partial charge in [-0.2, -0.15) is 4.98 Å². The van der Waals surface area contributed by atoms with E-state index in [9.17, 15) is 9.59 Å². The number of nitrogens with two attached hydrogens (primary N) is 1. The molecule has 0 bridgehead atoms. The molecule has 3 fully saturated rings. The number of anilines is 3. The van der Waals surface area contributed by atoms with Gasteiger partial charge in [0.15, 0.2) is 11.5 Å². The van der Waals surface area contributed by atoms with Crippen molar-refractivity contribution >= 4 is 29.4 Å². The van der Waals surface area contributed by atoms with Gasteiger partial charge in [-0.15, -0.1) is 16.8 Å². The minimum Gasteiger partial charge on any atom is -0.364 e. The molecule has 1 atom stereocenters. The number of primary amides is 1. The topological polar surface area (TPSA) is 133 Å². The van der Waals surface area contributed by atoms with Gasteiger partial charge in [0, 0.05) is 44.5 Å². The molecule has 3 aliphatic rings. The molecule has 0 radical (unpaired) electrons. The Morgan fingerprint density at radius 1 is 0.975 bits per heavy atom. The number of rotatable bonds is 8. The van der Waals surface area contributed by atoms with Crippen molar-refractivity contribution in [3.05, 3.63) is 48.2 Å². The third-order valence-electron chi connectivity index (χ3n) is 8.20. The van der Waals surface area contributed by atoms with Crippen LogP contribution < -0.4 is 21.3 Å². The Bertz CT molecular complexity index is 1170. The Balaban J connectivity index is 1.24. The fraction of sp³-hybridized carbons (Fsp3) is 0.552. The molecule has 0 aliphatic carbocycles. The molecule has 3 saturated heterocycles. The van der Waals surface area contributed by atoms with Crippen molar-refractivity contribution in [3.8, 4) is 0 Å². The second-order valence-electron chi connectivity index (χ2n) is 11.1. The summed E-state index contributed by atoms with van der Waals surface area (Å²) < 4.78 is 0. The summed E-state index contributed by atoms with van der Waals surface area (Å²) in [5.41, 5.74) is 7.71. The van der Waals surface area contributed by atoms with E-state index in [-0.39, 0.29) is 23.6 Å². The monoisotopic (exact) mass is 547 g/mol. The van der Waals surface area contributed by atoms with E-state index in [2.05, 4.69) is 49.4 Å². The largest absolute Gasteiger partial charge is 0.364 e. The summed E-state index contributed by atoms with van der Waals surface area (Å²) in [6, 6.07) is 8.28. The van der Waals surface area contributed by atoms with Gasteiger partial charge in [-0.25, -0.2) is 4.79 Å². The maximum absolute atomic E-state index is 12.7. The molecule has 0 unspecified atom stereocenters. The Morgan fingerprint density at radius 3 is 2.42 bits per heavy atom. The molecule has 40 heavy (non-hydrogen) atoms. The normalized spacial score (nSPS) is 20.6. The van der Waals surface area contributed by atoms with Gasteiger partial charge in [0.25, 0.3) is 5.91 Å². The zero-order valence-electron chi connectivity index (χ0n) is 23.2. The maximum atomic E-state index is 12.7. The zero-order chi connectivity index (χ0) is 27.9. The van der Waals surface area contributed by atoms with Crippen LogP contribution in [0.3, 0.4) is 0 Å². The Hall–Kier alpha value is -3.73. The fourth-order valence-corrected chi connectivity index (χ4v) is 5.95. The highest BCUT2D eigenvalue weighted by Crippen LogP contribution is 2.30. The van der Waals surface area contributed by atoms with E-state index in [1.54, 1.807) is 0 Å². The smallest absolute Gasteiger partial charge is 0.317 e. The Morgan fingerprint density at radius 2 is 1.73 bits per heavy atom. The summed E-state index contributed by atoms with van der Waals surface area (Å²) in [5.74, 6) is 0.531. The second kappa shape index (κ2) is 13.1. The van der Waals surface area contributed by atoms with Gasteiger partial charge in [0.2, 0.25) is 5.95 Å². The summed E-state index contributed by atoms with van der Waals surface area (Å²) >= 11 is 0. The lowest BCUT2D eigenvalue weighted by molar-refractivity contribution is 0.0995. The van der Waals surface area contributed by atoms with E-state index in [4.69, 9.17) is 5.73 Å². The molecule has 4 N–H and O–H groups in total. The summed E-state index contributed by atoms with van der Waals surface area (Å²) in [4.78, 5) is 35.9. The second-order valence-corrected chi connectivity index (χ2v) is 11.1.